The molecule has 38 heavy (non-hydrogen) atoms. The van der Waals surface area contributed by atoms with Crippen molar-refractivity contribution in [3.8, 4) is 5.75 Å². The molecule has 2 heterocycles. The molecule has 8 nitrogen and oxygen atoms in total. The third-order valence-electron chi connectivity index (χ3n) is 5.98. The molecule has 1 N–H and O–H groups in total. The number of anilines is 1. The summed E-state index contributed by atoms with van der Waals surface area (Å²) in [7, 11) is 0. The van der Waals surface area contributed by atoms with Crippen molar-refractivity contribution in [3.05, 3.63) is 108 Å². The lowest BCUT2D eigenvalue weighted by Gasteiger charge is -2.06. The number of nitrogens with zero attached hydrogens (tertiary/aromatic N) is 5. The van der Waals surface area contributed by atoms with E-state index in [0.29, 0.717) is 11.4 Å². The number of carbonyl (C=O) groups is 1. The molecule has 3 aromatic carbocycles. The second-order valence-corrected chi connectivity index (χ2v) is 8.85. The van der Waals surface area contributed by atoms with Gasteiger partial charge in [0.15, 0.2) is 5.78 Å². The summed E-state index contributed by atoms with van der Waals surface area (Å²) in [6, 6.07) is 25.7. The molecule has 190 valence electrons. The molecule has 8 heteroatoms. The Kier molecular flexibility index (Phi) is 7.79. The lowest BCUT2D eigenvalue weighted by Crippen LogP contribution is -2.19. The second-order valence-electron chi connectivity index (χ2n) is 8.85. The fourth-order valence-electron chi connectivity index (χ4n) is 3.86. The Labute approximate surface area is 221 Å². The van der Waals surface area contributed by atoms with E-state index in [1.165, 1.54) is 10.2 Å². The zero-order valence-corrected chi connectivity index (χ0v) is 21.1. The zero-order chi connectivity index (χ0) is 26.2. The molecule has 0 aliphatic carbocycles. The summed E-state index contributed by atoms with van der Waals surface area (Å²) in [5.41, 5.74) is 5.53. The summed E-state index contributed by atoms with van der Waals surface area (Å²) in [6.07, 6.45) is 6.28. The van der Waals surface area contributed by atoms with Crippen molar-refractivity contribution in [3.63, 3.8) is 0 Å². The van der Waals surface area contributed by atoms with Crippen LogP contribution in [-0.4, -0.2) is 38.5 Å². The van der Waals surface area contributed by atoms with Gasteiger partial charge >= 0.3 is 0 Å². The molecule has 0 saturated carbocycles. The number of rotatable bonds is 11. The van der Waals surface area contributed by atoms with E-state index in [9.17, 15) is 4.79 Å². The third-order valence-corrected chi connectivity index (χ3v) is 5.98. The number of aliphatic imine (C=N–C) groups is 1. The fraction of sp³-hybridized carbons (Fsp3) is 0.167. The number of ether oxygens (including phenoxy) is 1. The molecule has 0 fully saturated rings. The average Bonchev–Trinajstić information content (AvgIpc) is 3.41. The molecule has 0 radical (unpaired) electrons. The van der Waals surface area contributed by atoms with Crippen molar-refractivity contribution >= 4 is 34.3 Å². The normalized spacial score (nSPS) is 11.2. The minimum absolute atomic E-state index is 0.0126. The van der Waals surface area contributed by atoms with E-state index in [1.54, 1.807) is 18.6 Å². The number of fused-ring (bicyclic) bond motifs is 1. The Balaban J connectivity index is 1.08. The number of carbonyl (C=O) groups excluding carboxylic acids is 1. The standard InChI is InChI=1S/C30H28N6O2/c1-2-22-7-11-25(12-8-22)32-18-28(37)20-36-19-27(34-35-36)21-38-29-13-9-23(10-14-29)16-31-26-15-24-5-3-4-6-30(24)33-17-26/h3-17,19,32H,2,18,20-21H2,1H3. The first-order valence-corrected chi connectivity index (χ1v) is 12.5. The summed E-state index contributed by atoms with van der Waals surface area (Å²) >= 11 is 0. The zero-order valence-electron chi connectivity index (χ0n) is 21.1. The molecular formula is C30H28N6O2. The van der Waals surface area contributed by atoms with Gasteiger partial charge in [0, 0.05) is 17.3 Å². The number of aryl methyl sites for hydroxylation is 1. The number of pyridine rings is 1. The predicted molar refractivity (Wildman–Crippen MR) is 149 cm³/mol. The van der Waals surface area contributed by atoms with Gasteiger partial charge in [-0.15, -0.1) is 5.10 Å². The van der Waals surface area contributed by atoms with Crippen LogP contribution in [0.2, 0.25) is 0 Å². The van der Waals surface area contributed by atoms with Crippen LogP contribution in [0, 0.1) is 0 Å². The van der Waals surface area contributed by atoms with Crippen LogP contribution >= 0.6 is 0 Å². The van der Waals surface area contributed by atoms with Crippen LogP contribution < -0.4 is 10.1 Å². The number of Topliss-reactive ketones (excluding diaryl/α,β-unsaturated/α-hetero) is 1. The highest BCUT2D eigenvalue weighted by Gasteiger charge is 2.07. The number of aromatic nitrogens is 4. The summed E-state index contributed by atoms with van der Waals surface area (Å²) in [5, 5.41) is 12.4. The van der Waals surface area contributed by atoms with Gasteiger partial charge in [-0.3, -0.25) is 14.8 Å². The Morgan fingerprint density at radius 3 is 2.68 bits per heavy atom. The Hall–Kier alpha value is -4.85. The highest BCUT2D eigenvalue weighted by Crippen LogP contribution is 2.19. The van der Waals surface area contributed by atoms with Crippen LogP contribution in [-0.2, 0) is 24.4 Å². The largest absolute Gasteiger partial charge is 0.487 e. The molecule has 0 atom stereocenters. The first-order chi connectivity index (χ1) is 18.6. The van der Waals surface area contributed by atoms with E-state index in [4.69, 9.17) is 4.74 Å². The van der Waals surface area contributed by atoms with E-state index in [-0.39, 0.29) is 25.5 Å². The van der Waals surface area contributed by atoms with E-state index in [2.05, 4.69) is 44.7 Å². The average molecular weight is 505 g/mol. The molecule has 0 unspecified atom stereocenters. The van der Waals surface area contributed by atoms with Crippen molar-refractivity contribution in [2.24, 2.45) is 4.99 Å². The number of hydrogen-bond acceptors (Lipinski definition) is 7. The van der Waals surface area contributed by atoms with Crippen molar-refractivity contribution in [1.29, 1.82) is 0 Å². The van der Waals surface area contributed by atoms with Crippen molar-refractivity contribution in [1.82, 2.24) is 20.0 Å². The summed E-state index contributed by atoms with van der Waals surface area (Å²) in [5.74, 6) is 0.720. The predicted octanol–water partition coefficient (Wildman–Crippen LogP) is 5.40. The summed E-state index contributed by atoms with van der Waals surface area (Å²) < 4.78 is 7.36. The van der Waals surface area contributed by atoms with Crippen LogP contribution in [0.5, 0.6) is 5.75 Å². The molecular weight excluding hydrogens is 476 g/mol. The first kappa shape index (κ1) is 24.8. The van der Waals surface area contributed by atoms with Crippen LogP contribution in [0.1, 0.15) is 23.7 Å². The molecule has 0 amide bonds. The molecule has 0 spiro atoms. The monoisotopic (exact) mass is 504 g/mol. The van der Waals surface area contributed by atoms with Crippen molar-refractivity contribution in [2.45, 2.75) is 26.5 Å². The van der Waals surface area contributed by atoms with Gasteiger partial charge in [-0.05, 0) is 66.1 Å². The van der Waals surface area contributed by atoms with Gasteiger partial charge in [0.05, 0.1) is 30.1 Å². The van der Waals surface area contributed by atoms with Gasteiger partial charge in [-0.2, -0.15) is 0 Å². The van der Waals surface area contributed by atoms with Gasteiger partial charge in [0.2, 0.25) is 0 Å². The first-order valence-electron chi connectivity index (χ1n) is 12.5. The second kappa shape index (κ2) is 11.9. The molecule has 0 aliphatic rings. The van der Waals surface area contributed by atoms with Gasteiger partial charge in [-0.25, -0.2) is 4.68 Å². The summed E-state index contributed by atoms with van der Waals surface area (Å²) in [4.78, 5) is 21.3. The van der Waals surface area contributed by atoms with Gasteiger partial charge in [-0.1, -0.05) is 42.5 Å². The summed E-state index contributed by atoms with van der Waals surface area (Å²) in [6.45, 7) is 2.74. The maximum Gasteiger partial charge on any atom is 0.173 e. The molecule has 0 saturated heterocycles. The Bertz CT molecular complexity index is 1540. The smallest absolute Gasteiger partial charge is 0.173 e. The van der Waals surface area contributed by atoms with Crippen molar-refractivity contribution in [2.75, 3.05) is 11.9 Å². The van der Waals surface area contributed by atoms with Gasteiger partial charge in [0.25, 0.3) is 0 Å². The molecule has 0 aliphatic heterocycles. The maximum atomic E-state index is 12.3. The minimum Gasteiger partial charge on any atom is -0.487 e. The SMILES string of the molecule is CCc1ccc(NCC(=O)Cn2cc(COc3ccc(C=Nc4cnc5ccccc5c4)cc3)nn2)cc1. The number of nitrogens with one attached hydrogen (secondary N) is 1. The minimum atomic E-state index is 0.0126. The lowest BCUT2D eigenvalue weighted by molar-refractivity contribution is -0.118. The number of hydrogen-bond donors (Lipinski definition) is 1. The lowest BCUT2D eigenvalue weighted by atomic mass is 10.1. The Morgan fingerprint density at radius 1 is 1.05 bits per heavy atom. The Morgan fingerprint density at radius 2 is 1.87 bits per heavy atom. The quantitative estimate of drug-likeness (QED) is 0.242. The number of benzene rings is 3. The van der Waals surface area contributed by atoms with Gasteiger partial charge in [0.1, 0.15) is 24.6 Å². The van der Waals surface area contributed by atoms with Crippen molar-refractivity contribution < 1.29 is 9.53 Å². The molecule has 2 aromatic heterocycles. The van der Waals surface area contributed by atoms with Crippen LogP contribution in [0.3, 0.4) is 0 Å². The third kappa shape index (κ3) is 6.67. The van der Waals surface area contributed by atoms with Crippen LogP contribution in [0.15, 0.2) is 96.2 Å². The maximum absolute atomic E-state index is 12.3. The van der Waals surface area contributed by atoms with E-state index in [0.717, 1.165) is 34.3 Å². The van der Waals surface area contributed by atoms with E-state index < -0.39 is 0 Å². The molecule has 0 bridgehead atoms. The number of para-hydroxylation sites is 1. The topological polar surface area (TPSA) is 94.3 Å². The number of ketones is 1. The molecule has 5 rings (SSSR count). The highest BCUT2D eigenvalue weighted by molar-refractivity contribution is 5.85. The van der Waals surface area contributed by atoms with Gasteiger partial charge < -0.3 is 10.1 Å². The van der Waals surface area contributed by atoms with Crippen LogP contribution in [0.25, 0.3) is 10.9 Å². The highest BCUT2D eigenvalue weighted by atomic mass is 16.5. The molecule has 5 aromatic rings. The van der Waals surface area contributed by atoms with E-state index >= 15 is 0 Å². The van der Waals surface area contributed by atoms with Crippen LogP contribution in [0.4, 0.5) is 11.4 Å². The fourth-order valence-corrected chi connectivity index (χ4v) is 3.86. The van der Waals surface area contributed by atoms with E-state index in [1.807, 2.05) is 66.7 Å².